The van der Waals surface area contributed by atoms with E-state index in [0.717, 1.165) is 25.7 Å². The molecular formula is C26H48O12. The van der Waals surface area contributed by atoms with E-state index in [2.05, 4.69) is 26.3 Å². The van der Waals surface area contributed by atoms with E-state index >= 15 is 0 Å². The summed E-state index contributed by atoms with van der Waals surface area (Å²) in [6.45, 7) is 20.7. The Labute approximate surface area is 225 Å². The zero-order chi connectivity index (χ0) is 31.9. The van der Waals surface area contributed by atoms with E-state index in [4.69, 9.17) is 40.9 Å². The minimum atomic E-state index is -0.935. The molecule has 1 unspecified atom stereocenters. The number of hydrogen-bond donors (Lipinski definition) is 8. The number of aliphatic hydroxyl groups excluding tert-OH is 4. The van der Waals surface area contributed by atoms with Crippen LogP contribution in [0.4, 0.5) is 0 Å². The summed E-state index contributed by atoms with van der Waals surface area (Å²) in [5.74, 6) is -3.74. The third-order valence-corrected chi connectivity index (χ3v) is 3.07. The third kappa shape index (κ3) is 76.7. The van der Waals surface area contributed by atoms with Crippen molar-refractivity contribution < 1.29 is 60.0 Å². The SMILES string of the molecule is C=C(C)C(=O)O.C=C(C)C(=O)O.C=C(C)C(=O)O.C=C(C)C(=O)O.CC(O)CCO.OCCCCCCO. The van der Waals surface area contributed by atoms with Gasteiger partial charge >= 0.3 is 23.9 Å². The molecule has 0 bridgehead atoms. The van der Waals surface area contributed by atoms with Gasteiger partial charge in [-0.15, -0.1) is 0 Å². The molecule has 38 heavy (non-hydrogen) atoms. The quantitative estimate of drug-likeness (QED) is 0.137. The fourth-order valence-corrected chi connectivity index (χ4v) is 0.764. The first-order valence-corrected chi connectivity index (χ1v) is 11.3. The van der Waals surface area contributed by atoms with Crippen molar-refractivity contribution >= 4 is 23.9 Å². The number of hydrogen-bond acceptors (Lipinski definition) is 8. The highest BCUT2D eigenvalue weighted by Crippen LogP contribution is 1.96. The Kier molecular flexibility index (Phi) is 45.1. The fourth-order valence-electron chi connectivity index (χ4n) is 0.764. The van der Waals surface area contributed by atoms with Crippen molar-refractivity contribution in [2.24, 2.45) is 0 Å². The lowest BCUT2D eigenvalue weighted by molar-refractivity contribution is -0.133. The van der Waals surface area contributed by atoms with Gasteiger partial charge in [0.15, 0.2) is 0 Å². The Bertz CT molecular complexity index is 544. The second-order valence-corrected chi connectivity index (χ2v) is 7.56. The monoisotopic (exact) mass is 552 g/mol. The van der Waals surface area contributed by atoms with Gasteiger partial charge in [0.1, 0.15) is 0 Å². The summed E-state index contributed by atoms with van der Waals surface area (Å²) in [6, 6.07) is 0. The molecule has 0 spiro atoms. The maximum atomic E-state index is 9.60. The van der Waals surface area contributed by atoms with E-state index in [1.54, 1.807) is 6.92 Å². The number of rotatable bonds is 11. The van der Waals surface area contributed by atoms with Gasteiger partial charge in [0.2, 0.25) is 0 Å². The molecule has 1 atom stereocenters. The normalized spacial score (nSPS) is 9.08. The molecule has 0 aliphatic carbocycles. The molecule has 224 valence electrons. The Morgan fingerprint density at radius 3 is 0.763 bits per heavy atom. The zero-order valence-electron chi connectivity index (χ0n) is 23.3. The number of carbonyl (C=O) groups is 4. The smallest absolute Gasteiger partial charge is 0.330 e. The Balaban J connectivity index is -0.0000000812. The standard InChI is InChI=1S/C6H14O2.C4H10O2.4C4H6O2/c7-5-3-1-2-4-6-8;1-4(6)2-3-5;4*1-3(2)4(5)6/h7-8H,1-6H2;4-6H,2-3H2,1H3;4*1H2,2H3,(H,5,6). The van der Waals surface area contributed by atoms with Gasteiger partial charge in [-0.2, -0.15) is 0 Å². The van der Waals surface area contributed by atoms with Crippen LogP contribution < -0.4 is 0 Å². The predicted octanol–water partition coefficient (Wildman–Crippen LogP) is 2.87. The molecule has 0 aliphatic heterocycles. The van der Waals surface area contributed by atoms with Crippen molar-refractivity contribution in [1.82, 2.24) is 0 Å². The van der Waals surface area contributed by atoms with E-state index < -0.39 is 23.9 Å². The van der Waals surface area contributed by atoms with Crippen LogP contribution in [0.3, 0.4) is 0 Å². The van der Waals surface area contributed by atoms with Crippen LogP contribution in [0.2, 0.25) is 0 Å². The highest BCUT2D eigenvalue weighted by Gasteiger charge is 1.92. The highest BCUT2D eigenvalue weighted by molar-refractivity contribution is 5.85. The van der Waals surface area contributed by atoms with E-state index in [0.29, 0.717) is 6.42 Å². The van der Waals surface area contributed by atoms with Crippen molar-refractivity contribution in [3.8, 4) is 0 Å². The molecule has 0 radical (unpaired) electrons. The summed E-state index contributed by atoms with van der Waals surface area (Å²) in [5, 5.41) is 64.6. The Morgan fingerprint density at radius 1 is 0.526 bits per heavy atom. The van der Waals surface area contributed by atoms with Crippen LogP contribution in [0.15, 0.2) is 48.6 Å². The van der Waals surface area contributed by atoms with Crippen molar-refractivity contribution in [1.29, 1.82) is 0 Å². The lowest BCUT2D eigenvalue weighted by atomic mass is 10.2. The number of aliphatic hydroxyl groups is 4. The minimum absolute atomic E-state index is 0.0810. The van der Waals surface area contributed by atoms with Crippen LogP contribution in [0.5, 0.6) is 0 Å². The number of aliphatic carboxylic acids is 4. The first-order chi connectivity index (χ1) is 17.3. The average Bonchev–Trinajstić information content (AvgIpc) is 2.78. The molecule has 0 saturated carbocycles. The maximum absolute atomic E-state index is 9.60. The predicted molar refractivity (Wildman–Crippen MR) is 146 cm³/mol. The number of carboxylic acid groups (broad SMARTS) is 4. The molecule has 8 N–H and O–H groups in total. The molecular weight excluding hydrogens is 504 g/mol. The summed E-state index contributed by atoms with van der Waals surface area (Å²) >= 11 is 0. The van der Waals surface area contributed by atoms with Crippen LogP contribution in [0.1, 0.15) is 66.7 Å². The minimum Gasteiger partial charge on any atom is -0.478 e. The first kappa shape index (κ1) is 47.8. The van der Waals surface area contributed by atoms with Gasteiger partial charge in [-0.05, 0) is 53.9 Å². The number of carboxylic acids is 4. The lowest BCUT2D eigenvalue weighted by Gasteiger charge is -1.95. The van der Waals surface area contributed by atoms with Crippen molar-refractivity contribution in [2.45, 2.75) is 72.8 Å². The molecule has 0 aromatic carbocycles. The van der Waals surface area contributed by atoms with E-state index in [1.165, 1.54) is 27.7 Å². The van der Waals surface area contributed by atoms with Crippen molar-refractivity contribution in [2.75, 3.05) is 19.8 Å². The van der Waals surface area contributed by atoms with Gasteiger partial charge in [0.25, 0.3) is 0 Å². The molecule has 0 amide bonds. The van der Waals surface area contributed by atoms with Crippen LogP contribution in [-0.2, 0) is 19.2 Å². The van der Waals surface area contributed by atoms with Crippen LogP contribution in [-0.4, -0.2) is 90.7 Å². The lowest BCUT2D eigenvalue weighted by Crippen LogP contribution is -2.00. The topological polar surface area (TPSA) is 230 Å². The van der Waals surface area contributed by atoms with Gasteiger partial charge in [0.05, 0.1) is 6.10 Å². The summed E-state index contributed by atoms with van der Waals surface area (Å²) in [6.07, 6.45) is 3.96. The van der Waals surface area contributed by atoms with Gasteiger partial charge in [-0.1, -0.05) is 39.2 Å². The molecule has 0 aromatic heterocycles. The summed E-state index contributed by atoms with van der Waals surface area (Å²) < 4.78 is 0. The van der Waals surface area contributed by atoms with Gasteiger partial charge in [-0.25, -0.2) is 19.2 Å². The van der Waals surface area contributed by atoms with Gasteiger partial charge in [-0.3, -0.25) is 0 Å². The van der Waals surface area contributed by atoms with E-state index in [9.17, 15) is 19.2 Å². The summed E-state index contributed by atoms with van der Waals surface area (Å²) in [4.78, 5) is 38.4. The molecule has 0 aromatic rings. The molecule has 0 heterocycles. The maximum Gasteiger partial charge on any atom is 0.330 e. The van der Waals surface area contributed by atoms with Crippen LogP contribution >= 0.6 is 0 Å². The molecule has 12 heteroatoms. The molecule has 12 nitrogen and oxygen atoms in total. The second-order valence-electron chi connectivity index (χ2n) is 7.56. The van der Waals surface area contributed by atoms with E-state index in [-0.39, 0.29) is 48.2 Å². The molecule has 0 rings (SSSR count). The van der Waals surface area contributed by atoms with Crippen molar-refractivity contribution in [3.63, 3.8) is 0 Å². The third-order valence-electron chi connectivity index (χ3n) is 3.07. The summed E-state index contributed by atoms with van der Waals surface area (Å²) in [7, 11) is 0. The van der Waals surface area contributed by atoms with Gasteiger partial charge in [0, 0.05) is 42.1 Å². The van der Waals surface area contributed by atoms with Gasteiger partial charge < -0.3 is 40.9 Å². The van der Waals surface area contributed by atoms with E-state index in [1.807, 2.05) is 0 Å². The highest BCUT2D eigenvalue weighted by atomic mass is 16.4. The number of unbranched alkanes of at least 4 members (excludes halogenated alkanes) is 3. The second kappa shape index (κ2) is 35.8. The van der Waals surface area contributed by atoms with Crippen LogP contribution in [0, 0.1) is 0 Å². The molecule has 0 aliphatic rings. The average molecular weight is 553 g/mol. The molecule has 0 fully saturated rings. The zero-order valence-corrected chi connectivity index (χ0v) is 23.3. The first-order valence-electron chi connectivity index (χ1n) is 11.3. The fraction of sp³-hybridized carbons (Fsp3) is 0.538. The van der Waals surface area contributed by atoms with Crippen LogP contribution in [0.25, 0.3) is 0 Å². The molecule has 0 saturated heterocycles. The largest absolute Gasteiger partial charge is 0.478 e. The summed E-state index contributed by atoms with van der Waals surface area (Å²) in [5.41, 5.74) is 0.704. The Hall–Kier alpha value is -3.32. The van der Waals surface area contributed by atoms with Crippen molar-refractivity contribution in [3.05, 3.63) is 48.6 Å². The Morgan fingerprint density at radius 2 is 0.711 bits per heavy atom.